The summed E-state index contributed by atoms with van der Waals surface area (Å²) in [5.41, 5.74) is 2.25. The molecule has 1 aliphatic heterocycles. The van der Waals surface area contributed by atoms with Crippen molar-refractivity contribution in [3.05, 3.63) is 29.6 Å². The van der Waals surface area contributed by atoms with Gasteiger partial charge in [-0.05, 0) is 37.3 Å². The van der Waals surface area contributed by atoms with E-state index in [4.69, 9.17) is 5.11 Å². The molecular formula is C13H18N2O2. The standard InChI is InChI=1S/C13H18N2O2/c1-10-2-3-12(14-7-10)6-11-4-5-15(8-11)13(17)9-16/h2-3,7,11,16H,4-6,8-9H2,1H3. The molecule has 0 spiro atoms. The van der Waals surface area contributed by atoms with Crippen LogP contribution >= 0.6 is 0 Å². The summed E-state index contributed by atoms with van der Waals surface area (Å²) in [5.74, 6) is 0.310. The van der Waals surface area contributed by atoms with Gasteiger partial charge in [-0.2, -0.15) is 0 Å². The number of aliphatic hydroxyl groups excluding tert-OH is 1. The van der Waals surface area contributed by atoms with E-state index < -0.39 is 0 Å². The zero-order valence-corrected chi connectivity index (χ0v) is 10.1. The average Bonchev–Trinajstić information content (AvgIpc) is 2.80. The zero-order valence-electron chi connectivity index (χ0n) is 10.1. The van der Waals surface area contributed by atoms with E-state index in [1.165, 1.54) is 0 Å². The molecule has 0 bridgehead atoms. The molecule has 1 aliphatic rings. The lowest BCUT2D eigenvalue weighted by Gasteiger charge is -2.14. The maximum atomic E-state index is 11.3. The van der Waals surface area contributed by atoms with Crippen LogP contribution < -0.4 is 0 Å². The third-order valence-corrected chi connectivity index (χ3v) is 3.24. The second-order valence-corrected chi connectivity index (χ2v) is 4.68. The molecule has 17 heavy (non-hydrogen) atoms. The van der Waals surface area contributed by atoms with Crippen molar-refractivity contribution < 1.29 is 9.90 Å². The summed E-state index contributed by atoms with van der Waals surface area (Å²) in [7, 11) is 0. The van der Waals surface area contributed by atoms with Crippen molar-refractivity contribution >= 4 is 5.91 Å². The Morgan fingerprint density at radius 3 is 3.06 bits per heavy atom. The van der Waals surface area contributed by atoms with E-state index in [9.17, 15) is 4.79 Å². The normalized spacial score (nSPS) is 19.6. The number of nitrogens with zero attached hydrogens (tertiary/aromatic N) is 2. The van der Waals surface area contributed by atoms with Crippen LogP contribution in [0.25, 0.3) is 0 Å². The fraction of sp³-hybridized carbons (Fsp3) is 0.538. The maximum Gasteiger partial charge on any atom is 0.248 e. The van der Waals surface area contributed by atoms with Crippen molar-refractivity contribution in [3.63, 3.8) is 0 Å². The van der Waals surface area contributed by atoms with Crippen molar-refractivity contribution in [2.45, 2.75) is 19.8 Å². The van der Waals surface area contributed by atoms with Gasteiger partial charge in [0.05, 0.1) is 0 Å². The van der Waals surface area contributed by atoms with Crippen molar-refractivity contribution in [2.24, 2.45) is 5.92 Å². The first-order valence-corrected chi connectivity index (χ1v) is 5.99. The van der Waals surface area contributed by atoms with Gasteiger partial charge < -0.3 is 10.0 Å². The van der Waals surface area contributed by atoms with E-state index in [2.05, 4.69) is 11.1 Å². The first-order chi connectivity index (χ1) is 8.19. The minimum absolute atomic E-state index is 0.163. The smallest absolute Gasteiger partial charge is 0.248 e. The SMILES string of the molecule is Cc1ccc(CC2CCN(C(=O)CO)C2)nc1. The summed E-state index contributed by atoms with van der Waals surface area (Å²) in [6, 6.07) is 4.11. The van der Waals surface area contributed by atoms with Crippen LogP contribution in [0.2, 0.25) is 0 Å². The number of aromatic nitrogens is 1. The Labute approximate surface area is 101 Å². The molecule has 1 N–H and O–H groups in total. The van der Waals surface area contributed by atoms with Crippen molar-refractivity contribution in [1.82, 2.24) is 9.88 Å². The highest BCUT2D eigenvalue weighted by molar-refractivity contribution is 5.77. The maximum absolute atomic E-state index is 11.3. The molecule has 1 atom stereocenters. The van der Waals surface area contributed by atoms with Crippen LogP contribution in [0.1, 0.15) is 17.7 Å². The Kier molecular flexibility index (Phi) is 3.74. The van der Waals surface area contributed by atoms with E-state index in [0.29, 0.717) is 5.92 Å². The molecule has 4 heteroatoms. The molecule has 4 nitrogen and oxygen atoms in total. The number of hydrogen-bond donors (Lipinski definition) is 1. The Hall–Kier alpha value is -1.42. The number of carbonyl (C=O) groups is 1. The molecule has 2 rings (SSSR count). The molecule has 0 aliphatic carbocycles. The monoisotopic (exact) mass is 234 g/mol. The lowest BCUT2D eigenvalue weighted by molar-refractivity contribution is -0.133. The molecule has 92 valence electrons. The van der Waals surface area contributed by atoms with E-state index in [1.54, 1.807) is 4.90 Å². The molecular weight excluding hydrogens is 216 g/mol. The molecule has 0 saturated carbocycles. The highest BCUT2D eigenvalue weighted by Gasteiger charge is 2.25. The average molecular weight is 234 g/mol. The quantitative estimate of drug-likeness (QED) is 0.840. The lowest BCUT2D eigenvalue weighted by Crippen LogP contribution is -2.31. The highest BCUT2D eigenvalue weighted by atomic mass is 16.3. The minimum Gasteiger partial charge on any atom is -0.387 e. The third kappa shape index (κ3) is 3.03. The fourth-order valence-electron chi connectivity index (χ4n) is 2.24. The highest BCUT2D eigenvalue weighted by Crippen LogP contribution is 2.20. The van der Waals surface area contributed by atoms with Crippen LogP contribution in [0.3, 0.4) is 0 Å². The van der Waals surface area contributed by atoms with Gasteiger partial charge in [0.15, 0.2) is 0 Å². The summed E-state index contributed by atoms with van der Waals surface area (Å²) in [6.45, 7) is 3.15. The van der Waals surface area contributed by atoms with Gasteiger partial charge in [0.25, 0.3) is 0 Å². The van der Waals surface area contributed by atoms with Gasteiger partial charge in [-0.15, -0.1) is 0 Å². The molecule has 0 aromatic carbocycles. The first-order valence-electron chi connectivity index (χ1n) is 5.99. The van der Waals surface area contributed by atoms with Gasteiger partial charge in [-0.3, -0.25) is 9.78 Å². The van der Waals surface area contributed by atoms with Crippen LogP contribution in [-0.4, -0.2) is 40.6 Å². The summed E-state index contributed by atoms with van der Waals surface area (Å²) in [5, 5.41) is 8.80. The van der Waals surface area contributed by atoms with Gasteiger partial charge in [0.1, 0.15) is 6.61 Å². The Morgan fingerprint density at radius 1 is 1.59 bits per heavy atom. The Balaban J connectivity index is 1.89. The summed E-state index contributed by atoms with van der Waals surface area (Å²) < 4.78 is 0. The topological polar surface area (TPSA) is 53.4 Å². The molecule has 1 aromatic heterocycles. The summed E-state index contributed by atoms with van der Waals surface area (Å²) >= 11 is 0. The molecule has 1 fully saturated rings. The molecule has 1 unspecified atom stereocenters. The van der Waals surface area contributed by atoms with Crippen LogP contribution in [0.15, 0.2) is 18.3 Å². The second-order valence-electron chi connectivity index (χ2n) is 4.68. The minimum atomic E-state index is -0.379. The van der Waals surface area contributed by atoms with Crippen molar-refractivity contribution in [2.75, 3.05) is 19.7 Å². The predicted molar refractivity (Wildman–Crippen MR) is 64.5 cm³/mol. The van der Waals surface area contributed by atoms with Gasteiger partial charge >= 0.3 is 0 Å². The Morgan fingerprint density at radius 2 is 2.41 bits per heavy atom. The van der Waals surface area contributed by atoms with Crippen LogP contribution in [0.5, 0.6) is 0 Å². The Bertz CT molecular complexity index is 389. The number of rotatable bonds is 3. The van der Waals surface area contributed by atoms with E-state index in [1.807, 2.05) is 19.2 Å². The number of aryl methyl sites for hydroxylation is 1. The first kappa shape index (κ1) is 12.0. The summed E-state index contributed by atoms with van der Waals surface area (Å²) in [6.07, 6.45) is 3.79. The summed E-state index contributed by atoms with van der Waals surface area (Å²) in [4.78, 5) is 17.4. The molecule has 1 aromatic rings. The number of hydrogen-bond acceptors (Lipinski definition) is 3. The van der Waals surface area contributed by atoms with Gasteiger partial charge in [0, 0.05) is 25.0 Å². The molecule has 2 heterocycles. The number of pyridine rings is 1. The molecule has 0 radical (unpaired) electrons. The largest absolute Gasteiger partial charge is 0.387 e. The van der Waals surface area contributed by atoms with Gasteiger partial charge in [-0.25, -0.2) is 0 Å². The lowest BCUT2D eigenvalue weighted by atomic mass is 10.0. The number of aliphatic hydroxyl groups is 1. The van der Waals surface area contributed by atoms with Crippen LogP contribution in [0.4, 0.5) is 0 Å². The van der Waals surface area contributed by atoms with Crippen molar-refractivity contribution in [1.29, 1.82) is 0 Å². The zero-order chi connectivity index (χ0) is 12.3. The van der Waals surface area contributed by atoms with Gasteiger partial charge in [-0.1, -0.05) is 6.07 Å². The third-order valence-electron chi connectivity index (χ3n) is 3.24. The molecule has 1 amide bonds. The van der Waals surface area contributed by atoms with E-state index >= 15 is 0 Å². The van der Waals surface area contributed by atoms with Crippen LogP contribution in [0, 0.1) is 12.8 Å². The number of carbonyl (C=O) groups excluding carboxylic acids is 1. The van der Waals surface area contributed by atoms with E-state index in [-0.39, 0.29) is 12.5 Å². The van der Waals surface area contributed by atoms with Crippen LogP contribution in [-0.2, 0) is 11.2 Å². The van der Waals surface area contributed by atoms with Gasteiger partial charge in [0.2, 0.25) is 5.91 Å². The predicted octanol–water partition coefficient (Wildman–Crippen LogP) is 0.773. The molecule has 1 saturated heterocycles. The second kappa shape index (κ2) is 5.27. The number of amides is 1. The fourth-order valence-corrected chi connectivity index (χ4v) is 2.24. The van der Waals surface area contributed by atoms with Crippen molar-refractivity contribution in [3.8, 4) is 0 Å². The number of likely N-dealkylation sites (tertiary alicyclic amines) is 1. The van der Waals surface area contributed by atoms with E-state index in [0.717, 1.165) is 37.2 Å².